The summed E-state index contributed by atoms with van der Waals surface area (Å²) in [5.41, 5.74) is -0.677. The van der Waals surface area contributed by atoms with E-state index >= 15 is 0 Å². The van der Waals surface area contributed by atoms with Crippen LogP contribution in [0.15, 0.2) is 39.2 Å². The number of hydrogen-bond acceptors (Lipinski definition) is 2. The van der Waals surface area contributed by atoms with Crippen molar-refractivity contribution in [1.82, 2.24) is 0 Å². The summed E-state index contributed by atoms with van der Waals surface area (Å²) in [7, 11) is 0. The Labute approximate surface area is 123 Å². The Morgan fingerprint density at radius 1 is 1.20 bits per heavy atom. The summed E-state index contributed by atoms with van der Waals surface area (Å²) < 4.78 is 44.8. The highest BCUT2D eigenvalue weighted by Gasteiger charge is 2.34. The Hall–Kier alpha value is -1.43. The van der Waals surface area contributed by atoms with E-state index in [0.29, 0.717) is 10.2 Å². The van der Waals surface area contributed by atoms with Gasteiger partial charge >= 0.3 is 6.18 Å². The Morgan fingerprint density at radius 3 is 2.45 bits per heavy atom. The summed E-state index contributed by atoms with van der Waals surface area (Å²) in [5, 5.41) is 2.84. The lowest BCUT2D eigenvalue weighted by atomic mass is 10.1. The minimum Gasteiger partial charge on any atom is -0.464 e. The van der Waals surface area contributed by atoms with E-state index in [0.717, 1.165) is 11.8 Å². The molecule has 0 aliphatic carbocycles. The number of nitrogens with one attached hydrogen (secondary N) is 1. The zero-order chi connectivity index (χ0) is 14.9. The molecule has 0 fully saturated rings. The van der Waals surface area contributed by atoms with E-state index in [1.165, 1.54) is 6.07 Å². The van der Waals surface area contributed by atoms with Crippen LogP contribution in [0.3, 0.4) is 0 Å². The molecule has 0 aliphatic heterocycles. The zero-order valence-electron chi connectivity index (χ0n) is 10.9. The van der Waals surface area contributed by atoms with Crippen LogP contribution in [-0.2, 0) is 6.18 Å². The van der Waals surface area contributed by atoms with Crippen molar-refractivity contribution in [2.45, 2.75) is 26.1 Å². The van der Waals surface area contributed by atoms with Crippen LogP contribution in [0.4, 0.5) is 18.9 Å². The van der Waals surface area contributed by atoms with Crippen molar-refractivity contribution in [1.29, 1.82) is 0 Å². The average molecular weight is 348 g/mol. The van der Waals surface area contributed by atoms with Crippen LogP contribution in [0.1, 0.15) is 30.0 Å². The van der Waals surface area contributed by atoms with Crippen molar-refractivity contribution in [3.8, 4) is 0 Å². The quantitative estimate of drug-likeness (QED) is 0.788. The molecule has 20 heavy (non-hydrogen) atoms. The normalized spacial score (nSPS) is 13.3. The number of hydrogen-bond donors (Lipinski definition) is 1. The molecule has 1 atom stereocenters. The lowest BCUT2D eigenvalue weighted by molar-refractivity contribution is -0.137. The molecule has 0 amide bonds. The zero-order valence-corrected chi connectivity index (χ0v) is 12.5. The molecular weight excluding hydrogens is 335 g/mol. The lowest BCUT2D eigenvalue weighted by Crippen LogP contribution is -2.13. The van der Waals surface area contributed by atoms with Crippen LogP contribution in [0, 0.1) is 6.92 Å². The van der Waals surface area contributed by atoms with Crippen LogP contribution < -0.4 is 5.32 Å². The summed E-state index contributed by atoms with van der Waals surface area (Å²) >= 11 is 3.06. The molecule has 2 aromatic rings. The Kier molecular flexibility index (Phi) is 4.13. The van der Waals surface area contributed by atoms with E-state index in [4.69, 9.17) is 4.42 Å². The van der Waals surface area contributed by atoms with Crippen LogP contribution in [-0.4, -0.2) is 0 Å². The van der Waals surface area contributed by atoms with Gasteiger partial charge in [-0.3, -0.25) is 0 Å². The van der Waals surface area contributed by atoms with E-state index in [1.807, 2.05) is 0 Å². The Morgan fingerprint density at radius 2 is 1.90 bits per heavy atom. The molecule has 0 spiro atoms. The summed E-state index contributed by atoms with van der Waals surface area (Å²) in [5.74, 6) is 1.32. The topological polar surface area (TPSA) is 25.2 Å². The van der Waals surface area contributed by atoms with Gasteiger partial charge in [0.2, 0.25) is 0 Å². The third-order valence-electron chi connectivity index (χ3n) is 2.85. The van der Waals surface area contributed by atoms with Gasteiger partial charge in [-0.2, -0.15) is 13.2 Å². The summed E-state index contributed by atoms with van der Waals surface area (Å²) in [6.07, 6.45) is -4.41. The molecule has 2 nitrogen and oxygen atoms in total. The van der Waals surface area contributed by atoms with Crippen LogP contribution >= 0.6 is 15.9 Å². The largest absolute Gasteiger partial charge is 0.464 e. The molecule has 1 aromatic carbocycles. The van der Waals surface area contributed by atoms with Gasteiger partial charge < -0.3 is 9.73 Å². The first-order valence-corrected chi connectivity index (χ1v) is 6.76. The Balaban J connectivity index is 2.29. The standard InChI is InChI=1S/C14H13BrF3NO/c1-8-3-6-13(20-8)9(2)19-12-5-4-10(15)7-11(12)14(16,17)18/h3-7,9,19H,1-2H3. The van der Waals surface area contributed by atoms with Crippen molar-refractivity contribution < 1.29 is 17.6 Å². The van der Waals surface area contributed by atoms with Crippen molar-refractivity contribution in [3.05, 3.63) is 51.9 Å². The van der Waals surface area contributed by atoms with Crippen molar-refractivity contribution in [3.63, 3.8) is 0 Å². The number of alkyl halides is 3. The molecule has 1 unspecified atom stereocenters. The molecule has 1 heterocycles. The Bertz CT molecular complexity index is 607. The van der Waals surface area contributed by atoms with Gasteiger partial charge in [0.1, 0.15) is 11.5 Å². The second-order valence-electron chi connectivity index (χ2n) is 4.50. The molecule has 1 N–H and O–H groups in total. The molecule has 0 radical (unpaired) electrons. The molecule has 108 valence electrons. The van der Waals surface area contributed by atoms with Gasteiger partial charge in [-0.05, 0) is 44.2 Å². The second-order valence-corrected chi connectivity index (χ2v) is 5.42. The van der Waals surface area contributed by atoms with E-state index < -0.39 is 11.7 Å². The molecule has 0 aliphatic rings. The maximum Gasteiger partial charge on any atom is 0.418 e. The average Bonchev–Trinajstić information content (AvgIpc) is 2.77. The number of halogens is 4. The third-order valence-corrected chi connectivity index (χ3v) is 3.34. The summed E-state index contributed by atoms with van der Waals surface area (Å²) in [6.45, 7) is 3.54. The fourth-order valence-electron chi connectivity index (χ4n) is 1.87. The van der Waals surface area contributed by atoms with Gasteiger partial charge in [-0.15, -0.1) is 0 Å². The first-order valence-electron chi connectivity index (χ1n) is 5.97. The van der Waals surface area contributed by atoms with Crippen molar-refractivity contribution in [2.75, 3.05) is 5.32 Å². The third kappa shape index (κ3) is 3.36. The predicted octanol–water partition coefficient (Wildman–Crippen LogP) is 5.54. The lowest BCUT2D eigenvalue weighted by Gasteiger charge is -2.18. The highest BCUT2D eigenvalue weighted by Crippen LogP contribution is 2.37. The number of anilines is 1. The SMILES string of the molecule is Cc1ccc(C(C)Nc2ccc(Br)cc2C(F)(F)F)o1. The van der Waals surface area contributed by atoms with Gasteiger partial charge in [0.25, 0.3) is 0 Å². The number of rotatable bonds is 3. The number of benzene rings is 1. The van der Waals surface area contributed by atoms with Crippen LogP contribution in [0.2, 0.25) is 0 Å². The second kappa shape index (κ2) is 5.52. The minimum absolute atomic E-state index is 0.0299. The van der Waals surface area contributed by atoms with E-state index in [-0.39, 0.29) is 11.7 Å². The molecule has 0 bridgehead atoms. The van der Waals surface area contributed by atoms with E-state index in [9.17, 15) is 13.2 Å². The van der Waals surface area contributed by atoms with E-state index in [1.54, 1.807) is 32.0 Å². The molecule has 1 aromatic heterocycles. The fraction of sp³-hybridized carbons (Fsp3) is 0.286. The minimum atomic E-state index is -4.41. The van der Waals surface area contributed by atoms with Gasteiger partial charge in [-0.25, -0.2) is 0 Å². The van der Waals surface area contributed by atoms with Crippen LogP contribution in [0.5, 0.6) is 0 Å². The molecule has 6 heteroatoms. The highest BCUT2D eigenvalue weighted by atomic mass is 79.9. The maximum atomic E-state index is 13.0. The fourth-order valence-corrected chi connectivity index (χ4v) is 2.23. The van der Waals surface area contributed by atoms with Crippen molar-refractivity contribution >= 4 is 21.6 Å². The van der Waals surface area contributed by atoms with Gasteiger partial charge in [-0.1, -0.05) is 15.9 Å². The van der Waals surface area contributed by atoms with Crippen LogP contribution in [0.25, 0.3) is 0 Å². The summed E-state index contributed by atoms with van der Waals surface area (Å²) in [6, 6.07) is 7.20. The number of aryl methyl sites for hydroxylation is 1. The monoisotopic (exact) mass is 347 g/mol. The molecule has 0 saturated carbocycles. The van der Waals surface area contributed by atoms with E-state index in [2.05, 4.69) is 21.2 Å². The van der Waals surface area contributed by atoms with Gasteiger partial charge in [0.05, 0.1) is 11.6 Å². The molecular formula is C14H13BrF3NO. The smallest absolute Gasteiger partial charge is 0.418 e. The maximum absolute atomic E-state index is 13.0. The number of furan rings is 1. The van der Waals surface area contributed by atoms with Crippen molar-refractivity contribution in [2.24, 2.45) is 0 Å². The first kappa shape index (κ1) is 15.0. The molecule has 2 rings (SSSR count). The highest BCUT2D eigenvalue weighted by molar-refractivity contribution is 9.10. The molecule has 0 saturated heterocycles. The van der Waals surface area contributed by atoms with Gasteiger partial charge in [0, 0.05) is 10.2 Å². The van der Waals surface area contributed by atoms with Gasteiger partial charge in [0.15, 0.2) is 0 Å². The first-order chi connectivity index (χ1) is 9.27. The predicted molar refractivity (Wildman–Crippen MR) is 74.6 cm³/mol. The summed E-state index contributed by atoms with van der Waals surface area (Å²) in [4.78, 5) is 0.